The minimum absolute atomic E-state index is 0.184. The molecule has 0 bridgehead atoms. The molecule has 3 aliphatic heterocycles. The van der Waals surface area contributed by atoms with Gasteiger partial charge in [0.15, 0.2) is 23.0 Å². The molecule has 8 heteroatoms. The molecular formula is C28H36N2O4S2. The van der Waals surface area contributed by atoms with Crippen LogP contribution in [0.4, 0.5) is 0 Å². The van der Waals surface area contributed by atoms with Gasteiger partial charge in [0.25, 0.3) is 0 Å². The van der Waals surface area contributed by atoms with Crippen LogP contribution in [0.2, 0.25) is 0 Å². The molecule has 3 atom stereocenters. The van der Waals surface area contributed by atoms with Crippen LogP contribution in [0.25, 0.3) is 0 Å². The average molecular weight is 529 g/mol. The Bertz CT molecular complexity index is 1140. The van der Waals surface area contributed by atoms with E-state index in [0.29, 0.717) is 16.3 Å². The van der Waals surface area contributed by atoms with Gasteiger partial charge in [-0.15, -0.1) is 12.6 Å². The summed E-state index contributed by atoms with van der Waals surface area (Å²) in [4.78, 5) is 4.94. The summed E-state index contributed by atoms with van der Waals surface area (Å²) in [6.07, 6.45) is 5.31. The molecule has 3 aliphatic rings. The molecule has 6 nitrogen and oxygen atoms in total. The maximum Gasteiger partial charge on any atom is 0.161 e. The third-order valence-electron chi connectivity index (χ3n) is 8.30. The van der Waals surface area contributed by atoms with Crippen molar-refractivity contribution in [2.24, 2.45) is 5.92 Å². The molecule has 2 aromatic carbocycles. The second-order valence-corrected chi connectivity index (χ2v) is 11.1. The normalized spacial score (nSPS) is 23.2. The van der Waals surface area contributed by atoms with Crippen molar-refractivity contribution in [3.05, 3.63) is 46.5 Å². The van der Waals surface area contributed by atoms with Gasteiger partial charge in [-0.3, -0.25) is 4.90 Å². The highest BCUT2D eigenvalue weighted by molar-refractivity contribution is 8.10. The van der Waals surface area contributed by atoms with Crippen molar-refractivity contribution in [1.82, 2.24) is 9.80 Å². The van der Waals surface area contributed by atoms with E-state index in [9.17, 15) is 0 Å². The van der Waals surface area contributed by atoms with E-state index in [0.717, 1.165) is 68.3 Å². The van der Waals surface area contributed by atoms with Crippen molar-refractivity contribution < 1.29 is 18.9 Å². The average Bonchev–Trinajstić information content (AvgIpc) is 2.91. The molecule has 3 unspecified atom stereocenters. The van der Waals surface area contributed by atoms with E-state index in [4.69, 9.17) is 31.2 Å². The number of nitrogens with zero attached hydrogens (tertiary/aromatic N) is 2. The van der Waals surface area contributed by atoms with Gasteiger partial charge in [-0.2, -0.15) is 0 Å². The Morgan fingerprint density at radius 3 is 2.00 bits per heavy atom. The Morgan fingerprint density at radius 2 is 1.39 bits per heavy atom. The SMILES string of the molecule is COc1cc2c(cc1OC)C1CC(CC3c4cc(OC)c(OC)cc4CCN3C(=S)S)CCN1CC2. The lowest BCUT2D eigenvalue weighted by atomic mass is 9.77. The second-order valence-electron chi connectivity index (χ2n) is 9.98. The topological polar surface area (TPSA) is 43.4 Å². The number of benzene rings is 2. The molecule has 0 spiro atoms. The number of thiol groups is 1. The minimum Gasteiger partial charge on any atom is -0.493 e. The molecule has 0 aliphatic carbocycles. The van der Waals surface area contributed by atoms with E-state index >= 15 is 0 Å². The smallest absolute Gasteiger partial charge is 0.161 e. The Hall–Kier alpha value is -2.16. The first kappa shape index (κ1) is 25.5. The predicted molar refractivity (Wildman–Crippen MR) is 149 cm³/mol. The van der Waals surface area contributed by atoms with Crippen LogP contribution in [-0.2, 0) is 12.8 Å². The fourth-order valence-corrected chi connectivity index (χ4v) is 6.90. The summed E-state index contributed by atoms with van der Waals surface area (Å²) in [6.45, 7) is 3.08. The van der Waals surface area contributed by atoms with E-state index in [2.05, 4.69) is 46.7 Å². The number of hydrogen-bond donors (Lipinski definition) is 1. The van der Waals surface area contributed by atoms with Gasteiger partial charge in [-0.05, 0) is 91.1 Å². The second kappa shape index (κ2) is 10.7. The van der Waals surface area contributed by atoms with Gasteiger partial charge in [0.05, 0.1) is 34.5 Å². The highest BCUT2D eigenvalue weighted by atomic mass is 32.1. The highest BCUT2D eigenvalue weighted by Gasteiger charge is 2.38. The van der Waals surface area contributed by atoms with E-state index < -0.39 is 0 Å². The molecule has 5 rings (SSSR count). The largest absolute Gasteiger partial charge is 0.493 e. The molecule has 0 amide bonds. The van der Waals surface area contributed by atoms with Crippen LogP contribution < -0.4 is 18.9 Å². The molecule has 194 valence electrons. The minimum atomic E-state index is 0.184. The van der Waals surface area contributed by atoms with Crippen molar-refractivity contribution in [2.45, 2.75) is 44.2 Å². The van der Waals surface area contributed by atoms with Gasteiger partial charge in [0.1, 0.15) is 4.32 Å². The number of hydrogen-bond acceptors (Lipinski definition) is 6. The zero-order chi connectivity index (χ0) is 25.4. The Morgan fingerprint density at radius 1 is 0.833 bits per heavy atom. The first-order chi connectivity index (χ1) is 17.5. The van der Waals surface area contributed by atoms with Crippen molar-refractivity contribution in [3.63, 3.8) is 0 Å². The molecule has 1 saturated heterocycles. The maximum atomic E-state index is 5.66. The molecule has 0 N–H and O–H groups in total. The molecule has 0 aromatic heterocycles. The number of methoxy groups -OCH3 is 4. The molecule has 3 heterocycles. The van der Waals surface area contributed by atoms with E-state index in [-0.39, 0.29) is 6.04 Å². The van der Waals surface area contributed by atoms with Crippen LogP contribution in [0.15, 0.2) is 24.3 Å². The lowest BCUT2D eigenvalue weighted by Gasteiger charge is -2.46. The fourth-order valence-electron chi connectivity index (χ4n) is 6.45. The molecule has 36 heavy (non-hydrogen) atoms. The number of fused-ring (bicyclic) bond motifs is 4. The molecular weight excluding hydrogens is 492 g/mol. The Kier molecular flexibility index (Phi) is 7.56. The molecule has 0 radical (unpaired) electrons. The van der Waals surface area contributed by atoms with Crippen LogP contribution in [0.3, 0.4) is 0 Å². The molecule has 1 fully saturated rings. The number of piperidine rings is 1. The van der Waals surface area contributed by atoms with Crippen molar-refractivity contribution in [1.29, 1.82) is 0 Å². The van der Waals surface area contributed by atoms with Gasteiger partial charge in [-0.1, -0.05) is 12.2 Å². The van der Waals surface area contributed by atoms with Crippen molar-refractivity contribution in [3.8, 4) is 23.0 Å². The summed E-state index contributed by atoms with van der Waals surface area (Å²) in [5.74, 6) is 3.76. The zero-order valence-electron chi connectivity index (χ0n) is 21.6. The lowest BCUT2D eigenvalue weighted by Crippen LogP contribution is -2.43. The van der Waals surface area contributed by atoms with E-state index in [1.165, 1.54) is 28.7 Å². The van der Waals surface area contributed by atoms with Crippen LogP contribution >= 0.6 is 24.8 Å². The first-order valence-electron chi connectivity index (χ1n) is 12.7. The zero-order valence-corrected chi connectivity index (χ0v) is 23.3. The van der Waals surface area contributed by atoms with Crippen LogP contribution in [0.1, 0.15) is 53.6 Å². The summed E-state index contributed by atoms with van der Waals surface area (Å²) < 4.78 is 23.1. The van der Waals surface area contributed by atoms with Crippen molar-refractivity contribution >= 4 is 29.2 Å². The highest BCUT2D eigenvalue weighted by Crippen LogP contribution is 2.47. The first-order valence-corrected chi connectivity index (χ1v) is 13.6. The Labute approximate surface area is 225 Å². The monoisotopic (exact) mass is 528 g/mol. The summed E-state index contributed by atoms with van der Waals surface area (Å²) in [7, 11) is 6.82. The van der Waals surface area contributed by atoms with E-state index in [1.54, 1.807) is 28.4 Å². The summed E-state index contributed by atoms with van der Waals surface area (Å²) >= 11 is 10.2. The number of thiocarbonyl (C=S) groups is 1. The van der Waals surface area contributed by atoms with Gasteiger partial charge in [-0.25, -0.2) is 0 Å². The summed E-state index contributed by atoms with van der Waals surface area (Å²) in [5.41, 5.74) is 5.37. The third-order valence-corrected chi connectivity index (χ3v) is 8.79. The van der Waals surface area contributed by atoms with Crippen LogP contribution in [0.5, 0.6) is 23.0 Å². The van der Waals surface area contributed by atoms with Gasteiger partial charge >= 0.3 is 0 Å². The van der Waals surface area contributed by atoms with Gasteiger partial charge < -0.3 is 23.8 Å². The number of ether oxygens (including phenoxy) is 4. The molecule has 2 aromatic rings. The summed E-state index contributed by atoms with van der Waals surface area (Å²) in [5, 5.41) is 0. The van der Waals surface area contributed by atoms with E-state index in [1.807, 2.05) is 0 Å². The standard InChI is InChI=1S/C28H36N2O4S2/c1-31-24-13-18-6-9-29-8-5-17(11-22(29)20(18)15-26(24)33-3)12-23-21-16-27(34-4)25(32-2)14-19(21)7-10-30(23)28(35)36/h13-17,22-23H,5-12H2,1-4H3,(H,35,36). The van der Waals surface area contributed by atoms with Gasteiger partial charge in [0, 0.05) is 19.1 Å². The van der Waals surface area contributed by atoms with Crippen LogP contribution in [0, 0.1) is 5.92 Å². The lowest BCUT2D eigenvalue weighted by molar-refractivity contribution is 0.0877. The third kappa shape index (κ3) is 4.63. The maximum absolute atomic E-state index is 5.66. The Balaban J connectivity index is 1.44. The fraction of sp³-hybridized carbons (Fsp3) is 0.536. The predicted octanol–water partition coefficient (Wildman–Crippen LogP) is 5.23. The quantitative estimate of drug-likeness (QED) is 0.407. The van der Waals surface area contributed by atoms with Gasteiger partial charge in [0.2, 0.25) is 0 Å². The van der Waals surface area contributed by atoms with Crippen LogP contribution in [-0.4, -0.2) is 62.2 Å². The number of rotatable bonds is 6. The van der Waals surface area contributed by atoms with Crippen molar-refractivity contribution in [2.75, 3.05) is 48.1 Å². The molecule has 0 saturated carbocycles. The summed E-state index contributed by atoms with van der Waals surface area (Å²) in [6, 6.07) is 9.25.